The molecular formula is C10H14N6OS. The van der Waals surface area contributed by atoms with Gasteiger partial charge in [0.05, 0.1) is 13.2 Å². The number of thioether (sulfide) groups is 1. The van der Waals surface area contributed by atoms with Gasteiger partial charge in [-0.1, -0.05) is 0 Å². The lowest BCUT2D eigenvalue weighted by molar-refractivity contribution is 0.0410. The second kappa shape index (κ2) is 5.59. The molecule has 0 N–H and O–H groups in total. The molecule has 0 radical (unpaired) electrons. The summed E-state index contributed by atoms with van der Waals surface area (Å²) in [5, 5.41) is 16.4. The zero-order chi connectivity index (χ0) is 12.2. The Hall–Kier alpha value is -1.25. The molecule has 8 heteroatoms. The Labute approximate surface area is 108 Å². The highest BCUT2D eigenvalue weighted by Gasteiger charge is 2.10. The van der Waals surface area contributed by atoms with Gasteiger partial charge in [-0.05, 0) is 22.6 Å². The molecule has 7 nitrogen and oxygen atoms in total. The molecule has 0 atom stereocenters. The minimum atomic E-state index is 0.674. The summed E-state index contributed by atoms with van der Waals surface area (Å²) in [5.41, 5.74) is 0.674. The quantitative estimate of drug-likeness (QED) is 0.718. The van der Waals surface area contributed by atoms with E-state index in [1.807, 2.05) is 12.1 Å². The van der Waals surface area contributed by atoms with Crippen molar-refractivity contribution in [1.82, 2.24) is 30.2 Å². The average Bonchev–Trinajstić information content (AvgIpc) is 2.87. The van der Waals surface area contributed by atoms with Crippen molar-refractivity contribution in [2.24, 2.45) is 0 Å². The van der Waals surface area contributed by atoms with Gasteiger partial charge in [-0.3, -0.25) is 4.90 Å². The molecule has 1 aliphatic rings. The molecule has 0 unspecified atom stereocenters. The van der Waals surface area contributed by atoms with Crippen LogP contribution in [0.1, 0.15) is 0 Å². The summed E-state index contributed by atoms with van der Waals surface area (Å²) in [4.78, 5) is 2.41. The molecule has 0 aliphatic carbocycles. The van der Waals surface area contributed by atoms with Gasteiger partial charge in [0.15, 0.2) is 5.65 Å². The van der Waals surface area contributed by atoms with Crippen molar-refractivity contribution >= 4 is 17.4 Å². The maximum Gasteiger partial charge on any atom is 0.200 e. The van der Waals surface area contributed by atoms with Crippen LogP contribution >= 0.6 is 11.8 Å². The predicted molar refractivity (Wildman–Crippen MR) is 66.6 cm³/mol. The lowest BCUT2D eigenvalue weighted by Crippen LogP contribution is -2.37. The molecule has 0 bridgehead atoms. The van der Waals surface area contributed by atoms with Crippen LogP contribution in [0, 0.1) is 0 Å². The Bertz CT molecular complexity index is 512. The monoisotopic (exact) mass is 266 g/mol. The first kappa shape index (κ1) is 11.8. The first-order valence-electron chi connectivity index (χ1n) is 5.90. The van der Waals surface area contributed by atoms with Crippen LogP contribution in [0.3, 0.4) is 0 Å². The summed E-state index contributed by atoms with van der Waals surface area (Å²) in [6.07, 6.45) is 0. The molecule has 18 heavy (non-hydrogen) atoms. The van der Waals surface area contributed by atoms with Crippen molar-refractivity contribution in [3.05, 3.63) is 12.1 Å². The summed E-state index contributed by atoms with van der Waals surface area (Å²) in [6, 6.07) is 3.83. The van der Waals surface area contributed by atoms with Gasteiger partial charge in [0.25, 0.3) is 0 Å². The van der Waals surface area contributed by atoms with Crippen molar-refractivity contribution in [1.29, 1.82) is 0 Å². The zero-order valence-electron chi connectivity index (χ0n) is 9.90. The SMILES string of the molecule is c1cc2nnnn2nc1SCCN1CCOCC1. The number of ether oxygens (including phenoxy) is 1. The molecule has 96 valence electrons. The lowest BCUT2D eigenvalue weighted by Gasteiger charge is -2.26. The van der Waals surface area contributed by atoms with E-state index in [4.69, 9.17) is 4.74 Å². The molecule has 0 spiro atoms. The Balaban J connectivity index is 1.52. The van der Waals surface area contributed by atoms with Crippen LogP contribution in [-0.2, 0) is 4.74 Å². The second-order valence-corrected chi connectivity index (χ2v) is 5.12. The maximum absolute atomic E-state index is 5.32. The van der Waals surface area contributed by atoms with E-state index in [9.17, 15) is 0 Å². The molecule has 1 fully saturated rings. The number of aromatic nitrogens is 5. The van der Waals surface area contributed by atoms with Gasteiger partial charge in [-0.25, -0.2) is 0 Å². The third kappa shape index (κ3) is 2.77. The molecule has 2 aromatic heterocycles. The summed E-state index contributed by atoms with van der Waals surface area (Å²) in [7, 11) is 0. The fraction of sp³-hybridized carbons (Fsp3) is 0.600. The Kier molecular flexibility index (Phi) is 3.67. The van der Waals surface area contributed by atoms with E-state index in [0.717, 1.165) is 43.6 Å². The van der Waals surface area contributed by atoms with Gasteiger partial charge >= 0.3 is 0 Å². The highest BCUT2D eigenvalue weighted by molar-refractivity contribution is 7.99. The first-order valence-corrected chi connectivity index (χ1v) is 6.89. The van der Waals surface area contributed by atoms with E-state index in [0.29, 0.717) is 5.65 Å². The summed E-state index contributed by atoms with van der Waals surface area (Å²) >= 11 is 1.72. The average molecular weight is 266 g/mol. The van der Waals surface area contributed by atoms with Crippen LogP contribution in [-0.4, -0.2) is 68.8 Å². The molecule has 0 saturated carbocycles. The summed E-state index contributed by atoms with van der Waals surface area (Å²) in [5.74, 6) is 1.01. The minimum Gasteiger partial charge on any atom is -0.379 e. The van der Waals surface area contributed by atoms with Gasteiger partial charge in [0.2, 0.25) is 0 Å². The molecule has 1 saturated heterocycles. The van der Waals surface area contributed by atoms with Crippen LogP contribution in [0.2, 0.25) is 0 Å². The van der Waals surface area contributed by atoms with Gasteiger partial charge in [0, 0.05) is 25.4 Å². The molecule has 2 aromatic rings. The van der Waals surface area contributed by atoms with E-state index < -0.39 is 0 Å². The Morgan fingerprint density at radius 3 is 3.06 bits per heavy atom. The molecule has 0 aromatic carbocycles. The largest absolute Gasteiger partial charge is 0.379 e. The molecule has 3 rings (SSSR count). The van der Waals surface area contributed by atoms with E-state index in [-0.39, 0.29) is 0 Å². The fourth-order valence-electron chi connectivity index (χ4n) is 1.81. The van der Waals surface area contributed by atoms with Gasteiger partial charge in [-0.2, -0.15) is 0 Å². The number of nitrogens with zero attached hydrogens (tertiary/aromatic N) is 6. The lowest BCUT2D eigenvalue weighted by atomic mass is 10.4. The summed E-state index contributed by atoms with van der Waals surface area (Å²) in [6.45, 7) is 4.81. The van der Waals surface area contributed by atoms with Crippen molar-refractivity contribution < 1.29 is 4.74 Å². The number of hydrogen-bond donors (Lipinski definition) is 0. The van der Waals surface area contributed by atoms with Crippen molar-refractivity contribution in [3.8, 4) is 0 Å². The number of hydrogen-bond acceptors (Lipinski definition) is 7. The predicted octanol–water partition coefficient (Wildman–Crippen LogP) is -0.0564. The van der Waals surface area contributed by atoms with Crippen molar-refractivity contribution in [2.75, 3.05) is 38.6 Å². The van der Waals surface area contributed by atoms with Crippen LogP contribution in [0.15, 0.2) is 17.2 Å². The van der Waals surface area contributed by atoms with E-state index >= 15 is 0 Å². The Morgan fingerprint density at radius 2 is 2.17 bits per heavy atom. The van der Waals surface area contributed by atoms with Crippen molar-refractivity contribution in [3.63, 3.8) is 0 Å². The van der Waals surface area contributed by atoms with E-state index in [1.54, 1.807) is 11.8 Å². The summed E-state index contributed by atoms with van der Waals surface area (Å²) < 4.78 is 6.77. The van der Waals surface area contributed by atoms with Crippen LogP contribution in [0.25, 0.3) is 5.65 Å². The maximum atomic E-state index is 5.32. The van der Waals surface area contributed by atoms with Crippen LogP contribution in [0.5, 0.6) is 0 Å². The van der Waals surface area contributed by atoms with Crippen LogP contribution < -0.4 is 0 Å². The zero-order valence-corrected chi connectivity index (χ0v) is 10.7. The standard InChI is InChI=1S/C10H14N6OS/c1-2-10(12-16-9(1)11-13-14-16)18-8-5-15-3-6-17-7-4-15/h1-2H,3-8H2. The smallest absolute Gasteiger partial charge is 0.200 e. The number of tetrazole rings is 1. The molecule has 0 amide bonds. The molecule has 3 heterocycles. The molecule has 1 aliphatic heterocycles. The highest BCUT2D eigenvalue weighted by atomic mass is 32.2. The topological polar surface area (TPSA) is 68.4 Å². The first-order chi connectivity index (χ1) is 8.92. The third-order valence-electron chi connectivity index (χ3n) is 2.81. The third-order valence-corrected chi connectivity index (χ3v) is 3.71. The molecular weight excluding hydrogens is 252 g/mol. The fourth-order valence-corrected chi connectivity index (χ4v) is 2.67. The van der Waals surface area contributed by atoms with Gasteiger partial charge in [-0.15, -0.1) is 26.6 Å². The van der Waals surface area contributed by atoms with Crippen LogP contribution in [0.4, 0.5) is 0 Å². The van der Waals surface area contributed by atoms with Crippen molar-refractivity contribution in [2.45, 2.75) is 5.03 Å². The number of fused-ring (bicyclic) bond motifs is 1. The van der Waals surface area contributed by atoms with E-state index in [1.165, 1.54) is 4.63 Å². The normalized spacial score (nSPS) is 17.3. The van der Waals surface area contributed by atoms with E-state index in [2.05, 4.69) is 25.5 Å². The van der Waals surface area contributed by atoms with Gasteiger partial charge < -0.3 is 4.74 Å². The minimum absolute atomic E-state index is 0.674. The number of morpholine rings is 1. The highest BCUT2D eigenvalue weighted by Crippen LogP contribution is 2.15. The Morgan fingerprint density at radius 1 is 1.28 bits per heavy atom. The van der Waals surface area contributed by atoms with Gasteiger partial charge in [0.1, 0.15) is 5.03 Å². The number of rotatable bonds is 4. The second-order valence-electron chi connectivity index (χ2n) is 4.00.